The molecule has 4 aliphatic carbocycles. The Kier molecular flexibility index (Phi) is 24.7. The van der Waals surface area contributed by atoms with Crippen LogP contribution in [0.3, 0.4) is 0 Å². The summed E-state index contributed by atoms with van der Waals surface area (Å²) in [6.45, 7) is 8.79. The van der Waals surface area contributed by atoms with Gasteiger partial charge >= 0.3 is 11.9 Å². The maximum Gasteiger partial charge on any atom is 0.306 e. The molecular weight excluding hydrogens is 1240 g/mol. The normalized spacial score (nSPS) is 30.3. The largest absolute Gasteiger partial charge is 0.540 e. The molecule has 12 atom stereocenters. The van der Waals surface area contributed by atoms with E-state index in [9.17, 15) is 28.8 Å². The van der Waals surface area contributed by atoms with Crippen LogP contribution in [0.2, 0.25) is 0 Å². The van der Waals surface area contributed by atoms with Gasteiger partial charge in [-0.15, -0.1) is 0 Å². The molecule has 12 rings (SSSR count). The summed E-state index contributed by atoms with van der Waals surface area (Å²) in [5.41, 5.74) is 3.82. The predicted octanol–water partition coefficient (Wildman–Crippen LogP) is 12.3. The van der Waals surface area contributed by atoms with Gasteiger partial charge < -0.3 is 47.8 Å². The molecular formula is C72H96N6O12V2-2. The summed E-state index contributed by atoms with van der Waals surface area (Å²) in [7, 11) is 3.25. The molecule has 4 aromatic rings. The van der Waals surface area contributed by atoms with Crippen molar-refractivity contribution in [3.8, 4) is 23.3 Å². The van der Waals surface area contributed by atoms with E-state index in [0.29, 0.717) is 71.8 Å². The van der Waals surface area contributed by atoms with Gasteiger partial charge in [-0.3, -0.25) is 19.2 Å². The van der Waals surface area contributed by atoms with Gasteiger partial charge in [0.1, 0.15) is 47.3 Å². The van der Waals surface area contributed by atoms with Crippen LogP contribution in [0.5, 0.6) is 23.3 Å². The monoisotopic (exact) mass is 1340 g/mol. The van der Waals surface area contributed by atoms with Crippen molar-refractivity contribution in [1.82, 2.24) is 29.7 Å². The van der Waals surface area contributed by atoms with Crippen LogP contribution in [0.25, 0.3) is 22.1 Å². The molecule has 2 saturated heterocycles. The Morgan fingerprint density at radius 1 is 0.500 bits per heavy atom. The van der Waals surface area contributed by atoms with Crippen molar-refractivity contribution < 1.29 is 94.3 Å². The number of ether oxygens (including phenoxy) is 6. The first-order valence-corrected chi connectivity index (χ1v) is 34.4. The molecule has 8 aliphatic rings. The molecule has 0 unspecified atom stereocenters. The van der Waals surface area contributed by atoms with Crippen LogP contribution in [0.4, 0.5) is 0 Å². The minimum Gasteiger partial charge on any atom is -0.540 e. The van der Waals surface area contributed by atoms with Crippen molar-refractivity contribution in [3.63, 3.8) is 0 Å². The molecule has 20 heteroatoms. The SMILES string of the molecule is CC[C@@H]1[C@@H]2CN(C(=O)[C@H](C3(C)CCCCC3)CC(=O)O[C@@H]3CCC[C@H]3CCCCCc3nc4ccc(OC)cc4nc3O2)[C@@H]1[C-]=O.CC[C@@H]1[C@@H]2CN(C(=O)[C@H](C3(C)CCCCC3)CC(=O)O[C@@H]3C[C@H]3CCCCCc3nc4ccc(OC)cc4nc3O2)[C@@H]1[C-]=O.[V].[V]. The number of methoxy groups -OCH3 is 2. The number of nitrogens with zero attached hydrogens (tertiary/aromatic N) is 6. The van der Waals surface area contributed by atoms with Gasteiger partial charge in [-0.25, -0.2) is 32.5 Å². The number of aryl methyl sites for hydroxylation is 2. The first-order chi connectivity index (χ1) is 43.7. The number of carbonyl (C=O) groups is 4. The number of hydrogen-bond donors (Lipinski definition) is 0. The van der Waals surface area contributed by atoms with E-state index in [-0.39, 0.29) is 122 Å². The molecule has 6 heterocycles. The Labute approximate surface area is 567 Å². The number of esters is 2. The van der Waals surface area contributed by atoms with Gasteiger partial charge in [0.15, 0.2) is 0 Å². The third-order valence-corrected chi connectivity index (χ3v) is 22.3. The van der Waals surface area contributed by atoms with E-state index in [1.54, 1.807) is 24.0 Å². The molecule has 4 bridgehead atoms. The van der Waals surface area contributed by atoms with E-state index in [0.717, 1.165) is 164 Å². The van der Waals surface area contributed by atoms with Gasteiger partial charge in [-0.2, -0.15) is 0 Å². The van der Waals surface area contributed by atoms with Crippen LogP contribution in [-0.2, 0) is 88.2 Å². The van der Waals surface area contributed by atoms with Crippen LogP contribution < -0.4 is 18.9 Å². The zero-order chi connectivity index (χ0) is 63.1. The standard InChI is InChI=1S/C37H50N3O6.C35H46N3O6.2V/c1-4-26-31(23-41)40-22-33(26)46-35-29(38-28-17-16-25(44-3)20-30(28)39-35)14-8-5-7-12-24-13-11-15-32(24)45-34(42)21-27(36(40)43)37(2)18-9-6-10-19-37;1-4-24-29(21-39)38-20-31(24)44-33-27(36-26-14-13-23(42-3)18-28(26)37-33)12-8-5-7-11-22-17-30(22)43-32(40)19-25(34(38)41)35(2)15-9-6-10-16-35;;/h16-17,20,24,26-27,31-33H,4-15,18-19,21-22H2,1-3H3;13-14,18,22,24-25,29-31H,4-12,15-17,19-20H2,1-3H3;;/q2*-1;;/t24-,26+,27-,31-,32-,33+;22-,24+,25-,29-,30-,31+;;/m11../s1. The summed E-state index contributed by atoms with van der Waals surface area (Å²) in [5.74, 6) is 0.524. The molecule has 4 aliphatic heterocycles. The van der Waals surface area contributed by atoms with Crippen LogP contribution in [-0.4, -0.2) is 130 Å². The minimum atomic E-state index is -0.758. The first kappa shape index (κ1) is 71.0. The van der Waals surface area contributed by atoms with Crippen LogP contribution in [0.15, 0.2) is 36.4 Å². The molecule has 4 saturated carbocycles. The third kappa shape index (κ3) is 16.0. The Balaban J connectivity index is 0.000000213. The van der Waals surface area contributed by atoms with Crippen molar-refractivity contribution >= 4 is 58.4 Å². The second-order valence-corrected chi connectivity index (χ2v) is 28.1. The zero-order valence-electron chi connectivity index (χ0n) is 55.1. The van der Waals surface area contributed by atoms with E-state index in [1.807, 2.05) is 50.2 Å². The molecule has 18 nitrogen and oxygen atoms in total. The molecule has 2 radical (unpaired) electrons. The van der Waals surface area contributed by atoms with E-state index < -0.39 is 36.1 Å². The summed E-state index contributed by atoms with van der Waals surface area (Å²) < 4.78 is 36.3. The van der Waals surface area contributed by atoms with Crippen LogP contribution >= 0.6 is 0 Å². The molecule has 6 fully saturated rings. The number of aromatic nitrogens is 4. The number of benzene rings is 2. The zero-order valence-corrected chi connectivity index (χ0v) is 57.9. The molecule has 2 aromatic carbocycles. The Morgan fingerprint density at radius 2 is 0.924 bits per heavy atom. The van der Waals surface area contributed by atoms with Gasteiger partial charge in [-0.1, -0.05) is 117 Å². The average molecular weight is 1340 g/mol. The molecule has 498 valence electrons. The van der Waals surface area contributed by atoms with E-state index in [2.05, 4.69) is 26.4 Å². The van der Waals surface area contributed by atoms with E-state index in [4.69, 9.17) is 48.4 Å². The quantitative estimate of drug-likeness (QED) is 0.118. The average Bonchev–Trinajstić information content (AvgIpc) is 1.12. The Morgan fingerprint density at radius 3 is 1.36 bits per heavy atom. The number of hydrogen-bond acceptors (Lipinski definition) is 16. The van der Waals surface area contributed by atoms with Crippen LogP contribution in [0.1, 0.15) is 206 Å². The summed E-state index contributed by atoms with van der Waals surface area (Å²) in [4.78, 5) is 104. The fourth-order valence-corrected chi connectivity index (χ4v) is 16.7. The van der Waals surface area contributed by atoms with Gasteiger partial charge in [0.05, 0.1) is 74.1 Å². The Hall–Kier alpha value is -5.29. The minimum absolute atomic E-state index is 0. The van der Waals surface area contributed by atoms with Gasteiger partial charge in [-0.05, 0) is 149 Å². The topological polar surface area (TPSA) is 216 Å². The van der Waals surface area contributed by atoms with Crippen molar-refractivity contribution in [2.45, 2.75) is 244 Å². The number of carbonyl (C=O) groups excluding carboxylic acids is 6. The maximum absolute atomic E-state index is 14.6. The second kappa shape index (κ2) is 32.0. The van der Waals surface area contributed by atoms with Crippen molar-refractivity contribution in [1.29, 1.82) is 0 Å². The van der Waals surface area contributed by atoms with Gasteiger partial charge in [0.25, 0.3) is 0 Å². The fraction of sp³-hybridized carbons (Fsp3) is 0.694. The summed E-state index contributed by atoms with van der Waals surface area (Å²) >= 11 is 0. The summed E-state index contributed by atoms with van der Waals surface area (Å²) in [6, 6.07) is 9.79. The molecule has 0 spiro atoms. The number of fused-ring (bicyclic) bond motifs is 10. The van der Waals surface area contributed by atoms with Gasteiger partial charge in [0, 0.05) is 49.2 Å². The number of rotatable bonds is 8. The van der Waals surface area contributed by atoms with Crippen molar-refractivity contribution in [2.24, 2.45) is 46.3 Å². The first-order valence-electron chi connectivity index (χ1n) is 34.4. The predicted molar refractivity (Wildman–Crippen MR) is 339 cm³/mol. The third-order valence-electron chi connectivity index (χ3n) is 22.3. The smallest absolute Gasteiger partial charge is 0.306 e. The second-order valence-electron chi connectivity index (χ2n) is 28.1. The molecule has 0 N–H and O–H groups in total. The number of amides is 2. The summed E-state index contributed by atoms with van der Waals surface area (Å²) in [5, 5.41) is 0. The van der Waals surface area contributed by atoms with Crippen molar-refractivity contribution in [3.05, 3.63) is 47.8 Å². The van der Waals surface area contributed by atoms with E-state index in [1.165, 1.54) is 0 Å². The Bertz CT molecular complexity index is 3210. The van der Waals surface area contributed by atoms with Gasteiger partial charge in [0.2, 0.25) is 23.6 Å². The van der Waals surface area contributed by atoms with Crippen LogP contribution in [0, 0.1) is 46.3 Å². The molecule has 92 heavy (non-hydrogen) atoms. The molecule has 2 amide bonds. The maximum atomic E-state index is 14.6. The molecule has 2 aromatic heterocycles. The summed E-state index contributed by atoms with van der Waals surface area (Å²) in [6.07, 6.45) is 28.0. The van der Waals surface area contributed by atoms with Crippen molar-refractivity contribution in [2.75, 3.05) is 27.3 Å². The fourth-order valence-electron chi connectivity index (χ4n) is 16.7. The van der Waals surface area contributed by atoms with E-state index >= 15 is 0 Å².